The molecule has 0 aliphatic carbocycles. The zero-order valence-electron chi connectivity index (χ0n) is 9.71. The first-order valence-corrected chi connectivity index (χ1v) is 7.77. The van der Waals surface area contributed by atoms with Crippen LogP contribution < -0.4 is 0 Å². The van der Waals surface area contributed by atoms with E-state index in [1.165, 1.54) is 12.1 Å². The molecule has 0 aromatic heterocycles. The first kappa shape index (κ1) is 14.4. The molecule has 1 fully saturated rings. The number of nitrogens with zero attached hydrogens (tertiary/aromatic N) is 1. The molecule has 0 bridgehead atoms. The van der Waals surface area contributed by atoms with E-state index < -0.39 is 27.9 Å². The Morgan fingerprint density at radius 3 is 2.74 bits per heavy atom. The molecule has 1 aromatic rings. The van der Waals surface area contributed by atoms with Crippen LogP contribution in [-0.4, -0.2) is 36.4 Å². The third kappa shape index (κ3) is 2.65. The number of hydrogen-bond acceptors (Lipinski definition) is 3. The molecule has 0 unspecified atom stereocenters. The summed E-state index contributed by atoms with van der Waals surface area (Å²) in [5, 5.41) is 9.00. The summed E-state index contributed by atoms with van der Waals surface area (Å²) in [5.41, 5.74) is 0. The van der Waals surface area contributed by atoms with Crippen LogP contribution in [0.25, 0.3) is 0 Å². The quantitative estimate of drug-likeness (QED) is 0.901. The maximum absolute atomic E-state index is 13.4. The predicted molar refractivity (Wildman–Crippen MR) is 68.6 cm³/mol. The van der Waals surface area contributed by atoms with Crippen LogP contribution in [0.15, 0.2) is 27.6 Å². The summed E-state index contributed by atoms with van der Waals surface area (Å²) >= 11 is 2.94. The summed E-state index contributed by atoms with van der Waals surface area (Å²) < 4.78 is 39.1. The molecule has 1 atom stereocenters. The van der Waals surface area contributed by atoms with Crippen LogP contribution in [-0.2, 0) is 14.8 Å². The van der Waals surface area contributed by atoms with Crippen LogP contribution in [0, 0.1) is 5.82 Å². The molecule has 1 saturated heterocycles. The molecule has 8 heteroatoms. The lowest BCUT2D eigenvalue weighted by molar-refractivity contribution is -0.140. The van der Waals surface area contributed by atoms with Gasteiger partial charge in [0.05, 0.1) is 9.37 Å². The third-order valence-electron chi connectivity index (χ3n) is 2.99. The van der Waals surface area contributed by atoms with Crippen molar-refractivity contribution in [1.82, 2.24) is 4.31 Å². The molecule has 0 radical (unpaired) electrons. The van der Waals surface area contributed by atoms with Gasteiger partial charge < -0.3 is 5.11 Å². The Morgan fingerprint density at radius 2 is 2.16 bits per heavy atom. The van der Waals surface area contributed by atoms with E-state index >= 15 is 0 Å². The fourth-order valence-corrected chi connectivity index (χ4v) is 3.96. The number of sulfonamides is 1. The Kier molecular flexibility index (Phi) is 3.93. The molecule has 2 rings (SSSR count). The van der Waals surface area contributed by atoms with E-state index in [-0.39, 0.29) is 22.3 Å². The normalized spacial score (nSPS) is 20.6. The lowest BCUT2D eigenvalue weighted by atomic mass is 10.2. The molecule has 5 nitrogen and oxygen atoms in total. The van der Waals surface area contributed by atoms with Gasteiger partial charge in [-0.15, -0.1) is 0 Å². The van der Waals surface area contributed by atoms with Gasteiger partial charge in [0, 0.05) is 6.54 Å². The van der Waals surface area contributed by atoms with Crippen molar-refractivity contribution in [1.29, 1.82) is 0 Å². The zero-order chi connectivity index (χ0) is 14.2. The average Bonchev–Trinajstić information content (AvgIpc) is 2.82. The van der Waals surface area contributed by atoms with Gasteiger partial charge in [-0.1, -0.05) is 0 Å². The Balaban J connectivity index is 2.42. The molecule has 19 heavy (non-hydrogen) atoms. The molecular formula is C11H11BrFNO4S. The largest absolute Gasteiger partial charge is 0.480 e. The highest BCUT2D eigenvalue weighted by molar-refractivity contribution is 9.10. The van der Waals surface area contributed by atoms with Gasteiger partial charge in [-0.2, -0.15) is 4.31 Å². The molecule has 0 amide bonds. The van der Waals surface area contributed by atoms with E-state index in [0.29, 0.717) is 6.42 Å². The number of halogens is 2. The summed E-state index contributed by atoms with van der Waals surface area (Å²) in [4.78, 5) is 10.8. The Hall–Kier alpha value is -0.990. The molecular weight excluding hydrogens is 341 g/mol. The van der Waals surface area contributed by atoms with Crippen LogP contribution in [0.2, 0.25) is 0 Å². The second kappa shape index (κ2) is 5.18. The SMILES string of the molecule is O=C(O)[C@H]1CCCN1S(=O)(=O)c1ccc(Br)c(F)c1. The van der Waals surface area contributed by atoms with Crippen molar-refractivity contribution < 1.29 is 22.7 Å². The summed E-state index contributed by atoms with van der Waals surface area (Å²) in [6.45, 7) is 0.136. The minimum absolute atomic E-state index is 0.136. The second-order valence-corrected chi connectivity index (χ2v) is 6.93. The molecule has 0 spiro atoms. The summed E-state index contributed by atoms with van der Waals surface area (Å²) in [7, 11) is -3.98. The Morgan fingerprint density at radius 1 is 1.47 bits per heavy atom. The van der Waals surface area contributed by atoms with Crippen LogP contribution in [0.4, 0.5) is 4.39 Å². The topological polar surface area (TPSA) is 74.7 Å². The molecule has 0 saturated carbocycles. The fourth-order valence-electron chi connectivity index (χ4n) is 2.05. The van der Waals surface area contributed by atoms with E-state index in [9.17, 15) is 17.6 Å². The minimum Gasteiger partial charge on any atom is -0.480 e. The third-order valence-corrected chi connectivity index (χ3v) is 5.53. The van der Waals surface area contributed by atoms with E-state index in [0.717, 1.165) is 10.4 Å². The summed E-state index contributed by atoms with van der Waals surface area (Å²) in [6, 6.07) is 2.35. The van der Waals surface area contributed by atoms with Gasteiger partial charge in [0.2, 0.25) is 10.0 Å². The van der Waals surface area contributed by atoms with Crippen molar-refractivity contribution in [2.75, 3.05) is 6.54 Å². The number of carboxylic acids is 1. The van der Waals surface area contributed by atoms with Gasteiger partial charge >= 0.3 is 5.97 Å². The number of rotatable bonds is 3. The van der Waals surface area contributed by atoms with Crippen molar-refractivity contribution in [3.8, 4) is 0 Å². The highest BCUT2D eigenvalue weighted by Crippen LogP contribution is 2.28. The lowest BCUT2D eigenvalue weighted by Crippen LogP contribution is -2.40. The first-order valence-electron chi connectivity index (χ1n) is 5.54. The van der Waals surface area contributed by atoms with Crippen molar-refractivity contribution in [2.45, 2.75) is 23.8 Å². The Bertz CT molecular complexity index is 619. The highest BCUT2D eigenvalue weighted by Gasteiger charge is 2.39. The Labute approximate surface area is 118 Å². The van der Waals surface area contributed by atoms with E-state index in [4.69, 9.17) is 5.11 Å². The minimum atomic E-state index is -3.98. The van der Waals surface area contributed by atoms with Crippen molar-refractivity contribution >= 4 is 31.9 Å². The van der Waals surface area contributed by atoms with Crippen LogP contribution in [0.5, 0.6) is 0 Å². The van der Waals surface area contributed by atoms with Crippen LogP contribution in [0.3, 0.4) is 0 Å². The molecule has 1 heterocycles. The zero-order valence-corrected chi connectivity index (χ0v) is 12.1. The first-order chi connectivity index (χ1) is 8.84. The number of carboxylic acid groups (broad SMARTS) is 1. The van der Waals surface area contributed by atoms with Crippen molar-refractivity contribution in [2.24, 2.45) is 0 Å². The van der Waals surface area contributed by atoms with Crippen molar-refractivity contribution in [3.63, 3.8) is 0 Å². The van der Waals surface area contributed by atoms with E-state index in [1.54, 1.807) is 0 Å². The number of benzene rings is 1. The van der Waals surface area contributed by atoms with Crippen molar-refractivity contribution in [3.05, 3.63) is 28.5 Å². The highest BCUT2D eigenvalue weighted by atomic mass is 79.9. The van der Waals surface area contributed by atoms with E-state index in [2.05, 4.69) is 15.9 Å². The van der Waals surface area contributed by atoms with Gasteiger partial charge in [0.25, 0.3) is 0 Å². The maximum atomic E-state index is 13.4. The lowest BCUT2D eigenvalue weighted by Gasteiger charge is -2.21. The molecule has 1 aromatic carbocycles. The van der Waals surface area contributed by atoms with E-state index in [1.807, 2.05) is 0 Å². The monoisotopic (exact) mass is 351 g/mol. The summed E-state index contributed by atoms with van der Waals surface area (Å²) in [6.07, 6.45) is 0.753. The second-order valence-electron chi connectivity index (χ2n) is 4.19. The van der Waals surface area contributed by atoms with Crippen LogP contribution >= 0.6 is 15.9 Å². The maximum Gasteiger partial charge on any atom is 0.322 e. The van der Waals surface area contributed by atoms with Gasteiger partial charge in [0.15, 0.2) is 0 Å². The van der Waals surface area contributed by atoms with Gasteiger partial charge in [-0.3, -0.25) is 4.79 Å². The van der Waals surface area contributed by atoms with Gasteiger partial charge in [0.1, 0.15) is 11.9 Å². The smallest absolute Gasteiger partial charge is 0.322 e. The number of carbonyl (C=O) groups is 1. The number of hydrogen-bond donors (Lipinski definition) is 1. The fraction of sp³-hybridized carbons (Fsp3) is 0.364. The molecule has 1 N–H and O–H groups in total. The van der Waals surface area contributed by atoms with Crippen LogP contribution in [0.1, 0.15) is 12.8 Å². The molecule has 1 aliphatic rings. The predicted octanol–water partition coefficient (Wildman–Crippen LogP) is 1.83. The summed E-state index contributed by atoms with van der Waals surface area (Å²) in [5.74, 6) is -1.88. The number of aliphatic carboxylic acids is 1. The van der Waals surface area contributed by atoms with Gasteiger partial charge in [-0.25, -0.2) is 12.8 Å². The molecule has 104 valence electrons. The standard InChI is InChI=1S/C11H11BrFNO4S/c12-8-4-3-7(6-9(8)13)19(17,18)14-5-1-2-10(14)11(15)16/h3-4,6,10H,1-2,5H2,(H,15,16)/t10-/m1/s1. The van der Waals surface area contributed by atoms with Gasteiger partial charge in [-0.05, 0) is 47.0 Å². The average molecular weight is 352 g/mol. The molecule has 1 aliphatic heterocycles.